The largest absolute Gasteiger partial charge is 0.497 e. The van der Waals surface area contributed by atoms with E-state index < -0.39 is 0 Å². The van der Waals surface area contributed by atoms with Gasteiger partial charge in [-0.1, -0.05) is 11.3 Å². The first-order chi connectivity index (χ1) is 6.81. The number of ether oxygens (including phenoxy) is 1. The van der Waals surface area contributed by atoms with Gasteiger partial charge in [0.1, 0.15) is 10.4 Å². The molecule has 1 aromatic carbocycles. The van der Waals surface area contributed by atoms with Gasteiger partial charge in [0, 0.05) is 6.07 Å². The number of aromatic nitrogens is 3. The summed E-state index contributed by atoms with van der Waals surface area (Å²) in [5, 5.41) is 7.70. The molecule has 0 saturated carbocycles. The Morgan fingerprint density at radius 1 is 1.43 bits per heavy atom. The van der Waals surface area contributed by atoms with Crippen LogP contribution in [0.4, 0.5) is 0 Å². The van der Waals surface area contributed by atoms with E-state index in [0.717, 1.165) is 16.0 Å². The molecule has 2 aromatic rings. The maximum Gasteiger partial charge on any atom is 0.130 e. The highest BCUT2D eigenvalue weighted by atomic mass is 79.9. The fraction of sp³-hybridized carbons (Fsp3) is 0.111. The Morgan fingerprint density at radius 2 is 2.29 bits per heavy atom. The molecule has 0 aliphatic rings. The minimum atomic E-state index is 0.796. The van der Waals surface area contributed by atoms with Crippen LogP contribution in [0.2, 0.25) is 0 Å². The van der Waals surface area contributed by atoms with E-state index in [4.69, 9.17) is 4.74 Å². The summed E-state index contributed by atoms with van der Waals surface area (Å²) in [7, 11) is 1.63. The number of hydrogen-bond donors (Lipinski definition) is 0. The molecule has 1 heterocycles. The van der Waals surface area contributed by atoms with Crippen LogP contribution in [0.15, 0.2) is 35.1 Å². The van der Waals surface area contributed by atoms with Crippen molar-refractivity contribution >= 4 is 15.9 Å². The van der Waals surface area contributed by atoms with Gasteiger partial charge in [0.15, 0.2) is 0 Å². The van der Waals surface area contributed by atoms with Crippen molar-refractivity contribution in [3.8, 4) is 11.4 Å². The first kappa shape index (κ1) is 9.21. The molecular weight excluding hydrogens is 246 g/mol. The lowest BCUT2D eigenvalue weighted by Gasteiger charge is -2.04. The lowest BCUT2D eigenvalue weighted by atomic mass is 10.3. The van der Waals surface area contributed by atoms with Crippen LogP contribution in [0.25, 0.3) is 5.69 Å². The van der Waals surface area contributed by atoms with Crippen molar-refractivity contribution in [2.75, 3.05) is 7.11 Å². The monoisotopic (exact) mass is 253 g/mol. The summed E-state index contributed by atoms with van der Waals surface area (Å²) in [6.45, 7) is 0. The van der Waals surface area contributed by atoms with Crippen molar-refractivity contribution in [3.05, 3.63) is 35.1 Å². The SMILES string of the molecule is COc1cccc(-n2nncc2Br)c1. The second kappa shape index (κ2) is 3.79. The highest BCUT2D eigenvalue weighted by molar-refractivity contribution is 9.10. The van der Waals surface area contributed by atoms with Crippen molar-refractivity contribution in [3.63, 3.8) is 0 Å². The van der Waals surface area contributed by atoms with E-state index in [1.807, 2.05) is 24.3 Å². The average molecular weight is 254 g/mol. The van der Waals surface area contributed by atoms with Crippen LogP contribution >= 0.6 is 15.9 Å². The lowest BCUT2D eigenvalue weighted by Crippen LogP contribution is -1.97. The molecule has 0 amide bonds. The number of methoxy groups -OCH3 is 1. The fourth-order valence-corrected chi connectivity index (χ4v) is 1.51. The van der Waals surface area contributed by atoms with Gasteiger partial charge >= 0.3 is 0 Å². The minimum absolute atomic E-state index is 0.796. The quantitative estimate of drug-likeness (QED) is 0.823. The summed E-state index contributed by atoms with van der Waals surface area (Å²) in [5.74, 6) is 0.796. The van der Waals surface area contributed by atoms with E-state index in [9.17, 15) is 0 Å². The molecule has 4 nitrogen and oxygen atoms in total. The molecule has 0 saturated heterocycles. The normalized spacial score (nSPS) is 10.1. The predicted molar refractivity (Wildman–Crippen MR) is 55.6 cm³/mol. The summed E-state index contributed by atoms with van der Waals surface area (Å²) in [6.07, 6.45) is 1.64. The zero-order chi connectivity index (χ0) is 9.97. The van der Waals surface area contributed by atoms with Crippen LogP contribution in [0.5, 0.6) is 5.75 Å². The second-order valence-electron chi connectivity index (χ2n) is 2.67. The second-order valence-corrected chi connectivity index (χ2v) is 3.48. The summed E-state index contributed by atoms with van der Waals surface area (Å²) < 4.78 is 7.61. The number of hydrogen-bond acceptors (Lipinski definition) is 3. The van der Waals surface area contributed by atoms with Gasteiger partial charge in [0.25, 0.3) is 0 Å². The van der Waals surface area contributed by atoms with Crippen LogP contribution in [0.1, 0.15) is 0 Å². The molecule has 0 fully saturated rings. The van der Waals surface area contributed by atoms with Gasteiger partial charge in [-0.2, -0.15) is 0 Å². The van der Waals surface area contributed by atoms with Gasteiger partial charge in [0.2, 0.25) is 0 Å². The molecule has 0 bridgehead atoms. The summed E-state index contributed by atoms with van der Waals surface area (Å²) in [5.41, 5.74) is 0.911. The van der Waals surface area contributed by atoms with E-state index in [2.05, 4.69) is 26.2 Å². The van der Waals surface area contributed by atoms with Gasteiger partial charge in [-0.15, -0.1) is 5.10 Å². The maximum atomic E-state index is 5.12. The van der Waals surface area contributed by atoms with Crippen LogP contribution in [-0.4, -0.2) is 22.1 Å². The Morgan fingerprint density at radius 3 is 2.93 bits per heavy atom. The molecular formula is C9H8BrN3O. The number of nitrogens with zero attached hydrogens (tertiary/aromatic N) is 3. The maximum absolute atomic E-state index is 5.12. The fourth-order valence-electron chi connectivity index (χ4n) is 1.14. The van der Waals surface area contributed by atoms with Crippen molar-refractivity contribution in [2.45, 2.75) is 0 Å². The van der Waals surface area contributed by atoms with Crippen molar-refractivity contribution in [1.29, 1.82) is 0 Å². The van der Waals surface area contributed by atoms with Crippen molar-refractivity contribution in [1.82, 2.24) is 15.0 Å². The Labute approximate surface area is 89.6 Å². The molecule has 14 heavy (non-hydrogen) atoms. The molecule has 0 aliphatic carbocycles. The number of halogens is 1. The molecule has 0 atom stereocenters. The van der Waals surface area contributed by atoms with E-state index >= 15 is 0 Å². The molecule has 0 N–H and O–H groups in total. The summed E-state index contributed by atoms with van der Waals surface area (Å²) in [4.78, 5) is 0. The van der Waals surface area contributed by atoms with Gasteiger partial charge < -0.3 is 4.74 Å². The standard InChI is InChI=1S/C9H8BrN3O/c1-14-8-4-2-3-7(5-8)13-9(10)6-11-12-13/h2-6H,1H3. The van der Waals surface area contributed by atoms with Crippen LogP contribution in [-0.2, 0) is 0 Å². The zero-order valence-electron chi connectivity index (χ0n) is 7.51. The minimum Gasteiger partial charge on any atom is -0.497 e. The number of benzene rings is 1. The first-order valence-corrected chi connectivity index (χ1v) is 4.81. The third-order valence-electron chi connectivity index (χ3n) is 1.81. The topological polar surface area (TPSA) is 39.9 Å². The van der Waals surface area contributed by atoms with Gasteiger partial charge in [0.05, 0.1) is 19.0 Å². The molecule has 0 aliphatic heterocycles. The van der Waals surface area contributed by atoms with Crippen LogP contribution in [0, 0.1) is 0 Å². The lowest BCUT2D eigenvalue weighted by molar-refractivity contribution is 0.414. The van der Waals surface area contributed by atoms with E-state index in [-0.39, 0.29) is 0 Å². The Bertz CT molecular complexity index is 441. The van der Waals surface area contributed by atoms with Crippen LogP contribution in [0.3, 0.4) is 0 Å². The van der Waals surface area contributed by atoms with E-state index in [0.29, 0.717) is 0 Å². The van der Waals surface area contributed by atoms with Gasteiger partial charge in [-0.25, -0.2) is 4.68 Å². The Hall–Kier alpha value is -1.36. The van der Waals surface area contributed by atoms with Crippen molar-refractivity contribution < 1.29 is 4.74 Å². The molecule has 0 unspecified atom stereocenters. The number of rotatable bonds is 2. The predicted octanol–water partition coefficient (Wildman–Crippen LogP) is 2.04. The highest BCUT2D eigenvalue weighted by Gasteiger charge is 2.03. The van der Waals surface area contributed by atoms with E-state index in [1.54, 1.807) is 18.0 Å². The first-order valence-electron chi connectivity index (χ1n) is 4.02. The molecule has 1 aromatic heterocycles. The summed E-state index contributed by atoms with van der Waals surface area (Å²) >= 11 is 3.35. The molecule has 5 heteroatoms. The Balaban J connectivity index is 2.47. The van der Waals surface area contributed by atoms with Gasteiger partial charge in [-0.3, -0.25) is 0 Å². The third kappa shape index (κ3) is 1.63. The smallest absolute Gasteiger partial charge is 0.130 e. The zero-order valence-corrected chi connectivity index (χ0v) is 9.10. The average Bonchev–Trinajstić information content (AvgIpc) is 2.65. The van der Waals surface area contributed by atoms with Gasteiger partial charge in [-0.05, 0) is 28.1 Å². The van der Waals surface area contributed by atoms with Crippen molar-refractivity contribution in [2.24, 2.45) is 0 Å². The Kier molecular flexibility index (Phi) is 2.49. The molecule has 2 rings (SSSR count). The molecule has 0 radical (unpaired) electrons. The van der Waals surface area contributed by atoms with E-state index in [1.165, 1.54) is 0 Å². The summed E-state index contributed by atoms with van der Waals surface area (Å²) in [6, 6.07) is 7.61. The van der Waals surface area contributed by atoms with Crippen LogP contribution < -0.4 is 4.74 Å². The molecule has 0 spiro atoms. The molecule has 72 valence electrons. The highest BCUT2D eigenvalue weighted by Crippen LogP contribution is 2.18. The third-order valence-corrected chi connectivity index (χ3v) is 2.35.